The molecule has 1 atom stereocenters. The number of halogens is 1. The molecule has 0 saturated heterocycles. The van der Waals surface area contributed by atoms with Gasteiger partial charge in [0.2, 0.25) is 0 Å². The Kier molecular flexibility index (Phi) is 3.92. The van der Waals surface area contributed by atoms with Crippen molar-refractivity contribution in [3.05, 3.63) is 29.3 Å². The maximum absolute atomic E-state index is 14.8. The van der Waals surface area contributed by atoms with E-state index < -0.39 is 5.67 Å². The van der Waals surface area contributed by atoms with Gasteiger partial charge in [0.05, 0.1) is 7.11 Å². The molecule has 2 N–H and O–H groups in total. The molecule has 1 aromatic carbocycles. The summed E-state index contributed by atoms with van der Waals surface area (Å²) in [6.07, 6.45) is 0. The zero-order valence-corrected chi connectivity index (χ0v) is 10.4. The van der Waals surface area contributed by atoms with Gasteiger partial charge in [-0.05, 0) is 25.0 Å². The number of nitrogens with two attached hydrogens (primary N) is 1. The first-order chi connectivity index (χ1) is 7.45. The number of aryl methyl sites for hydroxylation is 1. The van der Waals surface area contributed by atoms with E-state index in [0.717, 1.165) is 5.56 Å². The molecular weight excluding hydrogens is 205 g/mol. The van der Waals surface area contributed by atoms with Gasteiger partial charge in [-0.2, -0.15) is 0 Å². The van der Waals surface area contributed by atoms with Crippen LogP contribution in [-0.2, 0) is 5.67 Å². The van der Waals surface area contributed by atoms with E-state index in [9.17, 15) is 4.39 Å². The Morgan fingerprint density at radius 1 is 1.44 bits per heavy atom. The molecule has 90 valence electrons. The second-order valence-corrected chi connectivity index (χ2v) is 4.43. The molecule has 0 amide bonds. The quantitative estimate of drug-likeness (QED) is 0.855. The van der Waals surface area contributed by atoms with Gasteiger partial charge in [-0.1, -0.05) is 25.5 Å². The Labute approximate surface area is 96.6 Å². The number of alkyl halides is 1. The van der Waals surface area contributed by atoms with Crippen molar-refractivity contribution in [2.75, 3.05) is 13.7 Å². The van der Waals surface area contributed by atoms with Gasteiger partial charge < -0.3 is 10.5 Å². The lowest BCUT2D eigenvalue weighted by atomic mass is 9.84. The average molecular weight is 225 g/mol. The lowest BCUT2D eigenvalue weighted by Gasteiger charge is -2.30. The highest BCUT2D eigenvalue weighted by molar-refractivity contribution is 5.41. The SMILES string of the molecule is COc1ccc(C)cc1C(F)(CN)C(C)C. The number of methoxy groups -OCH3 is 1. The first-order valence-corrected chi connectivity index (χ1v) is 5.49. The molecule has 1 rings (SSSR count). The van der Waals surface area contributed by atoms with Crippen LogP contribution in [0.25, 0.3) is 0 Å². The van der Waals surface area contributed by atoms with Crippen LogP contribution < -0.4 is 10.5 Å². The van der Waals surface area contributed by atoms with Crippen LogP contribution in [0.2, 0.25) is 0 Å². The molecule has 0 saturated carbocycles. The van der Waals surface area contributed by atoms with Crippen LogP contribution in [0.15, 0.2) is 18.2 Å². The van der Waals surface area contributed by atoms with Crippen molar-refractivity contribution in [1.29, 1.82) is 0 Å². The van der Waals surface area contributed by atoms with Gasteiger partial charge in [0, 0.05) is 12.1 Å². The van der Waals surface area contributed by atoms with E-state index in [2.05, 4.69) is 0 Å². The van der Waals surface area contributed by atoms with Gasteiger partial charge >= 0.3 is 0 Å². The van der Waals surface area contributed by atoms with Gasteiger partial charge in [-0.3, -0.25) is 0 Å². The highest BCUT2D eigenvalue weighted by atomic mass is 19.1. The number of benzene rings is 1. The van der Waals surface area contributed by atoms with Crippen molar-refractivity contribution in [2.24, 2.45) is 11.7 Å². The summed E-state index contributed by atoms with van der Waals surface area (Å²) in [6, 6.07) is 5.50. The fraction of sp³-hybridized carbons (Fsp3) is 0.538. The Bertz CT molecular complexity index is 365. The van der Waals surface area contributed by atoms with Gasteiger partial charge in [0.1, 0.15) is 5.75 Å². The molecule has 0 aliphatic rings. The first-order valence-electron chi connectivity index (χ1n) is 5.49. The van der Waals surface area contributed by atoms with Crippen LogP contribution in [0.4, 0.5) is 4.39 Å². The minimum absolute atomic E-state index is 0.0372. The Hall–Kier alpha value is -1.09. The zero-order valence-electron chi connectivity index (χ0n) is 10.4. The molecule has 0 fully saturated rings. The molecular formula is C13H20FNO. The summed E-state index contributed by atoms with van der Waals surface area (Å²) < 4.78 is 20.0. The monoisotopic (exact) mass is 225 g/mol. The fourth-order valence-electron chi connectivity index (χ4n) is 1.80. The van der Waals surface area contributed by atoms with Crippen molar-refractivity contribution >= 4 is 0 Å². The van der Waals surface area contributed by atoms with Gasteiger partial charge in [0.25, 0.3) is 0 Å². The van der Waals surface area contributed by atoms with Crippen LogP contribution in [0.5, 0.6) is 5.75 Å². The van der Waals surface area contributed by atoms with Gasteiger partial charge in [0.15, 0.2) is 5.67 Å². The maximum Gasteiger partial charge on any atom is 0.153 e. The maximum atomic E-state index is 14.8. The van der Waals surface area contributed by atoms with E-state index in [1.54, 1.807) is 13.2 Å². The third-order valence-corrected chi connectivity index (χ3v) is 3.01. The predicted octanol–water partition coefficient (Wildman–Crippen LogP) is 2.78. The van der Waals surface area contributed by atoms with E-state index in [-0.39, 0.29) is 12.5 Å². The second-order valence-electron chi connectivity index (χ2n) is 4.43. The molecule has 2 nitrogen and oxygen atoms in total. The van der Waals surface area contributed by atoms with E-state index in [0.29, 0.717) is 11.3 Å². The van der Waals surface area contributed by atoms with E-state index in [4.69, 9.17) is 10.5 Å². The smallest absolute Gasteiger partial charge is 0.153 e. The number of ether oxygens (including phenoxy) is 1. The summed E-state index contributed by atoms with van der Waals surface area (Å²) in [4.78, 5) is 0. The number of rotatable bonds is 4. The third-order valence-electron chi connectivity index (χ3n) is 3.01. The van der Waals surface area contributed by atoms with Crippen molar-refractivity contribution in [3.8, 4) is 5.75 Å². The molecule has 0 heterocycles. The fourth-order valence-corrected chi connectivity index (χ4v) is 1.80. The van der Waals surface area contributed by atoms with Crippen molar-refractivity contribution in [3.63, 3.8) is 0 Å². The van der Waals surface area contributed by atoms with E-state index >= 15 is 0 Å². The molecule has 0 spiro atoms. The highest BCUT2D eigenvalue weighted by Gasteiger charge is 2.36. The number of hydrogen-bond donors (Lipinski definition) is 1. The van der Waals surface area contributed by atoms with Gasteiger partial charge in [-0.15, -0.1) is 0 Å². The minimum Gasteiger partial charge on any atom is -0.496 e. The topological polar surface area (TPSA) is 35.2 Å². The predicted molar refractivity (Wildman–Crippen MR) is 64.4 cm³/mol. The van der Waals surface area contributed by atoms with Crippen LogP contribution in [0.3, 0.4) is 0 Å². The van der Waals surface area contributed by atoms with Crippen molar-refractivity contribution < 1.29 is 9.13 Å². The van der Waals surface area contributed by atoms with E-state index in [1.165, 1.54) is 0 Å². The van der Waals surface area contributed by atoms with E-state index in [1.807, 2.05) is 32.9 Å². The van der Waals surface area contributed by atoms with Crippen LogP contribution in [0, 0.1) is 12.8 Å². The highest BCUT2D eigenvalue weighted by Crippen LogP contribution is 2.38. The molecule has 0 bridgehead atoms. The zero-order chi connectivity index (χ0) is 12.3. The van der Waals surface area contributed by atoms with Crippen LogP contribution in [-0.4, -0.2) is 13.7 Å². The largest absolute Gasteiger partial charge is 0.496 e. The van der Waals surface area contributed by atoms with Gasteiger partial charge in [-0.25, -0.2) is 4.39 Å². The molecule has 0 radical (unpaired) electrons. The molecule has 16 heavy (non-hydrogen) atoms. The molecule has 1 unspecified atom stereocenters. The van der Waals surface area contributed by atoms with Crippen molar-refractivity contribution in [1.82, 2.24) is 0 Å². The third kappa shape index (κ3) is 2.19. The summed E-state index contributed by atoms with van der Waals surface area (Å²) in [7, 11) is 1.55. The lowest BCUT2D eigenvalue weighted by molar-refractivity contribution is 0.105. The lowest BCUT2D eigenvalue weighted by Crippen LogP contribution is -2.36. The second kappa shape index (κ2) is 4.83. The number of hydrogen-bond acceptors (Lipinski definition) is 2. The molecule has 0 aliphatic heterocycles. The first kappa shape index (κ1) is 13.0. The standard InChI is InChI=1S/C13H20FNO/c1-9(2)13(14,8-15)11-7-10(3)5-6-12(11)16-4/h5-7,9H,8,15H2,1-4H3. The molecule has 0 aliphatic carbocycles. The Morgan fingerprint density at radius 2 is 2.06 bits per heavy atom. The summed E-state index contributed by atoms with van der Waals surface area (Å²) in [5, 5.41) is 0. The average Bonchev–Trinajstić information content (AvgIpc) is 2.27. The molecule has 3 heteroatoms. The Balaban J connectivity index is 3.33. The van der Waals surface area contributed by atoms with Crippen LogP contribution >= 0.6 is 0 Å². The minimum atomic E-state index is -1.53. The normalized spacial score (nSPS) is 14.9. The molecule has 0 aromatic heterocycles. The van der Waals surface area contributed by atoms with Crippen molar-refractivity contribution in [2.45, 2.75) is 26.4 Å². The summed E-state index contributed by atoms with van der Waals surface area (Å²) >= 11 is 0. The molecule has 1 aromatic rings. The Morgan fingerprint density at radius 3 is 2.50 bits per heavy atom. The van der Waals surface area contributed by atoms with Crippen LogP contribution in [0.1, 0.15) is 25.0 Å². The summed E-state index contributed by atoms with van der Waals surface area (Å²) in [5.41, 5.74) is 5.61. The summed E-state index contributed by atoms with van der Waals surface area (Å²) in [5.74, 6) is 0.375. The summed E-state index contributed by atoms with van der Waals surface area (Å²) in [6.45, 7) is 5.55.